The van der Waals surface area contributed by atoms with Gasteiger partial charge in [-0.05, 0) is 37.4 Å². The maximum Gasteiger partial charge on any atom is 0.393 e. The van der Waals surface area contributed by atoms with Gasteiger partial charge in [-0.25, -0.2) is 4.98 Å². The number of hydrogen-bond donors (Lipinski definition) is 1. The molecule has 19 heavy (non-hydrogen) atoms. The van der Waals surface area contributed by atoms with Gasteiger partial charge in [0.1, 0.15) is 5.82 Å². The Morgan fingerprint density at radius 2 is 2.16 bits per heavy atom. The number of nitrogens with zero attached hydrogens (tertiary/aromatic N) is 2. The van der Waals surface area contributed by atoms with Crippen molar-refractivity contribution in [1.29, 1.82) is 0 Å². The Morgan fingerprint density at radius 3 is 2.74 bits per heavy atom. The number of pyridine rings is 1. The summed E-state index contributed by atoms with van der Waals surface area (Å²) in [6.45, 7) is 1.18. The Kier molecular flexibility index (Phi) is 4.29. The summed E-state index contributed by atoms with van der Waals surface area (Å²) in [5, 5.41) is 0. The van der Waals surface area contributed by atoms with Gasteiger partial charge in [-0.3, -0.25) is 0 Å². The van der Waals surface area contributed by atoms with Gasteiger partial charge in [-0.15, -0.1) is 0 Å². The van der Waals surface area contributed by atoms with E-state index in [-0.39, 0.29) is 13.0 Å². The second-order valence-electron chi connectivity index (χ2n) is 4.89. The van der Waals surface area contributed by atoms with Crippen LogP contribution >= 0.6 is 0 Å². The fraction of sp³-hybridized carbons (Fsp3) is 0.615. The molecule has 0 spiro atoms. The average Bonchev–Trinajstić information content (AvgIpc) is 2.39. The van der Waals surface area contributed by atoms with E-state index in [2.05, 4.69) is 4.98 Å². The van der Waals surface area contributed by atoms with Gasteiger partial charge in [0.25, 0.3) is 0 Å². The van der Waals surface area contributed by atoms with Crippen molar-refractivity contribution in [3.63, 3.8) is 0 Å². The van der Waals surface area contributed by atoms with Crippen LogP contribution in [-0.2, 0) is 6.42 Å². The molecule has 1 aliphatic rings. The highest BCUT2D eigenvalue weighted by Crippen LogP contribution is 2.34. The molecule has 2 heterocycles. The maximum absolute atomic E-state index is 12.7. The van der Waals surface area contributed by atoms with Gasteiger partial charge >= 0.3 is 6.18 Å². The van der Waals surface area contributed by atoms with Crippen molar-refractivity contribution in [3.05, 3.63) is 23.9 Å². The summed E-state index contributed by atoms with van der Waals surface area (Å²) in [6, 6.07) is 3.66. The van der Waals surface area contributed by atoms with E-state index in [1.165, 1.54) is 0 Å². The van der Waals surface area contributed by atoms with Crippen molar-refractivity contribution < 1.29 is 13.2 Å². The minimum Gasteiger partial charge on any atom is -0.356 e. The largest absolute Gasteiger partial charge is 0.393 e. The standard InChI is InChI=1S/C13H18F3N3/c14-13(15,16)11-2-1-7-19(9-11)12-4-3-10(5-6-17)8-18-12/h3-4,8,11H,1-2,5-7,9,17H2. The molecule has 0 radical (unpaired) electrons. The number of alkyl halides is 3. The molecule has 0 aliphatic carbocycles. The maximum atomic E-state index is 12.7. The molecule has 0 bridgehead atoms. The van der Waals surface area contributed by atoms with Crippen LogP contribution in [0.15, 0.2) is 18.3 Å². The Morgan fingerprint density at radius 1 is 1.37 bits per heavy atom. The Balaban J connectivity index is 2.04. The van der Waals surface area contributed by atoms with E-state index >= 15 is 0 Å². The molecule has 106 valence electrons. The fourth-order valence-corrected chi connectivity index (χ4v) is 2.37. The predicted octanol–water partition coefficient (Wildman–Crippen LogP) is 2.36. The van der Waals surface area contributed by atoms with Gasteiger partial charge in [0.05, 0.1) is 5.92 Å². The lowest BCUT2D eigenvalue weighted by Gasteiger charge is -2.34. The van der Waals surface area contributed by atoms with Crippen molar-refractivity contribution in [1.82, 2.24) is 4.98 Å². The highest BCUT2D eigenvalue weighted by atomic mass is 19.4. The van der Waals surface area contributed by atoms with E-state index in [0.29, 0.717) is 25.3 Å². The number of hydrogen-bond acceptors (Lipinski definition) is 3. The van der Waals surface area contributed by atoms with Crippen molar-refractivity contribution >= 4 is 5.82 Å². The van der Waals surface area contributed by atoms with Crippen molar-refractivity contribution in [3.8, 4) is 0 Å². The number of piperidine rings is 1. The third-order valence-corrected chi connectivity index (χ3v) is 3.45. The summed E-state index contributed by atoms with van der Waals surface area (Å²) in [4.78, 5) is 5.96. The van der Waals surface area contributed by atoms with Gasteiger partial charge in [0.15, 0.2) is 0 Å². The van der Waals surface area contributed by atoms with Crippen LogP contribution in [0.2, 0.25) is 0 Å². The molecule has 0 aromatic carbocycles. The first-order valence-corrected chi connectivity index (χ1v) is 6.47. The molecule has 2 rings (SSSR count). The van der Waals surface area contributed by atoms with E-state index in [1.54, 1.807) is 17.2 Å². The summed E-state index contributed by atoms with van der Waals surface area (Å²) in [7, 11) is 0. The second kappa shape index (κ2) is 5.77. The van der Waals surface area contributed by atoms with Gasteiger partial charge in [-0.1, -0.05) is 6.07 Å². The highest BCUT2D eigenvalue weighted by Gasteiger charge is 2.41. The highest BCUT2D eigenvalue weighted by molar-refractivity contribution is 5.40. The number of anilines is 1. The zero-order chi connectivity index (χ0) is 13.9. The first-order valence-electron chi connectivity index (χ1n) is 6.47. The summed E-state index contributed by atoms with van der Waals surface area (Å²) in [5.74, 6) is -0.624. The van der Waals surface area contributed by atoms with Crippen LogP contribution in [0.5, 0.6) is 0 Å². The predicted molar refractivity (Wildman–Crippen MR) is 68.0 cm³/mol. The molecule has 1 fully saturated rings. The third kappa shape index (κ3) is 3.59. The van der Waals surface area contributed by atoms with Crippen LogP contribution < -0.4 is 10.6 Å². The molecular formula is C13H18F3N3. The summed E-state index contributed by atoms with van der Waals surface area (Å²) < 4.78 is 38.2. The topological polar surface area (TPSA) is 42.1 Å². The van der Waals surface area contributed by atoms with Crippen molar-refractivity contribution in [2.24, 2.45) is 11.7 Å². The molecule has 3 nitrogen and oxygen atoms in total. The Labute approximate surface area is 110 Å². The molecule has 1 aliphatic heterocycles. The quantitative estimate of drug-likeness (QED) is 0.919. The first-order chi connectivity index (χ1) is 9.00. The van der Waals surface area contributed by atoms with E-state index in [4.69, 9.17) is 5.73 Å². The normalized spacial score (nSPS) is 20.6. The molecule has 1 aromatic rings. The molecule has 0 saturated carbocycles. The van der Waals surface area contributed by atoms with Crippen molar-refractivity contribution in [2.45, 2.75) is 25.4 Å². The molecule has 1 atom stereocenters. The molecule has 1 saturated heterocycles. The van der Waals surface area contributed by atoms with Crippen LogP contribution in [0.4, 0.5) is 19.0 Å². The molecule has 0 amide bonds. The monoisotopic (exact) mass is 273 g/mol. The van der Waals surface area contributed by atoms with Crippen LogP contribution in [0.1, 0.15) is 18.4 Å². The Bertz CT molecular complexity index is 403. The van der Waals surface area contributed by atoms with Gasteiger partial charge in [0, 0.05) is 19.3 Å². The summed E-state index contributed by atoms with van der Waals surface area (Å²) in [6.07, 6.45) is -0.919. The number of aromatic nitrogens is 1. The van der Waals surface area contributed by atoms with Crippen LogP contribution in [0, 0.1) is 5.92 Å². The summed E-state index contributed by atoms with van der Waals surface area (Å²) in [5.41, 5.74) is 6.45. The lowest BCUT2D eigenvalue weighted by atomic mass is 9.97. The van der Waals surface area contributed by atoms with Gasteiger partial charge < -0.3 is 10.6 Å². The molecule has 1 aromatic heterocycles. The van der Waals surface area contributed by atoms with E-state index < -0.39 is 12.1 Å². The van der Waals surface area contributed by atoms with E-state index in [0.717, 1.165) is 12.0 Å². The zero-order valence-electron chi connectivity index (χ0n) is 10.7. The van der Waals surface area contributed by atoms with Crippen molar-refractivity contribution in [2.75, 3.05) is 24.5 Å². The van der Waals surface area contributed by atoms with E-state index in [9.17, 15) is 13.2 Å². The molecule has 2 N–H and O–H groups in total. The SMILES string of the molecule is NCCc1ccc(N2CCCC(C(F)(F)F)C2)nc1. The molecule has 6 heteroatoms. The van der Waals surface area contributed by atoms with E-state index in [1.807, 2.05) is 6.07 Å². The number of halogens is 3. The van der Waals surface area contributed by atoms with Gasteiger partial charge in [-0.2, -0.15) is 13.2 Å². The second-order valence-corrected chi connectivity index (χ2v) is 4.89. The minimum atomic E-state index is -4.11. The third-order valence-electron chi connectivity index (χ3n) is 3.45. The van der Waals surface area contributed by atoms with Gasteiger partial charge in [0.2, 0.25) is 0 Å². The van der Waals surface area contributed by atoms with Crippen LogP contribution in [0.25, 0.3) is 0 Å². The molecule has 1 unspecified atom stereocenters. The van der Waals surface area contributed by atoms with Crippen LogP contribution in [0.3, 0.4) is 0 Å². The Hall–Kier alpha value is -1.30. The summed E-state index contributed by atoms with van der Waals surface area (Å²) >= 11 is 0. The first kappa shape index (κ1) is 14.1. The lowest BCUT2D eigenvalue weighted by Crippen LogP contribution is -2.42. The average molecular weight is 273 g/mol. The number of rotatable bonds is 3. The lowest BCUT2D eigenvalue weighted by molar-refractivity contribution is -0.176. The smallest absolute Gasteiger partial charge is 0.356 e. The fourth-order valence-electron chi connectivity index (χ4n) is 2.37. The zero-order valence-corrected chi connectivity index (χ0v) is 10.7. The number of nitrogens with two attached hydrogens (primary N) is 1. The molecular weight excluding hydrogens is 255 g/mol. The van der Waals surface area contributed by atoms with Crippen LogP contribution in [-0.4, -0.2) is 30.8 Å². The minimum absolute atomic E-state index is 0.00668.